The van der Waals surface area contributed by atoms with Crippen LogP contribution >= 0.6 is 0 Å². The van der Waals surface area contributed by atoms with Crippen molar-refractivity contribution in [2.24, 2.45) is 11.8 Å². The van der Waals surface area contributed by atoms with Gasteiger partial charge in [0.25, 0.3) is 0 Å². The fourth-order valence-corrected chi connectivity index (χ4v) is 3.86. The first-order valence-corrected chi connectivity index (χ1v) is 10.2. The Hall–Kier alpha value is -2.17. The lowest BCUT2D eigenvalue weighted by molar-refractivity contribution is -0.192. The first-order chi connectivity index (χ1) is 14.7. The van der Waals surface area contributed by atoms with Crippen molar-refractivity contribution in [3.63, 3.8) is 0 Å². The minimum atomic E-state index is -5.08. The Kier molecular flexibility index (Phi) is 9.73. The van der Waals surface area contributed by atoms with Crippen molar-refractivity contribution in [1.82, 2.24) is 10.2 Å². The molecule has 7 nitrogen and oxygen atoms in total. The smallest absolute Gasteiger partial charge is 0.475 e. The minimum absolute atomic E-state index is 0.0850. The van der Waals surface area contributed by atoms with Crippen LogP contribution in [0.4, 0.5) is 13.2 Å². The molecule has 3 atom stereocenters. The summed E-state index contributed by atoms with van der Waals surface area (Å²) in [5.74, 6) is -2.20. The lowest BCUT2D eigenvalue weighted by Crippen LogP contribution is -2.53. The van der Waals surface area contributed by atoms with E-state index in [4.69, 9.17) is 19.4 Å². The standard InChI is InChI=1S/C19H28N2O3.C2HF3O2/c1-20-19(22)16-8-11-24-18-7-9-21(13-17(16)18)10-12-23-14-15-5-3-2-4-6-15;3-2(4,5)1(6)7/h2-6,16-18H,7-14H2,1H3,(H,20,22);(H,6,7)/t16-,17+,18-;/m0./s1. The van der Waals surface area contributed by atoms with Crippen LogP contribution < -0.4 is 5.32 Å². The lowest BCUT2D eigenvalue weighted by atomic mass is 9.79. The molecule has 2 N–H and O–H groups in total. The average molecular weight is 446 g/mol. The number of nitrogens with zero attached hydrogens (tertiary/aromatic N) is 1. The molecule has 0 spiro atoms. The van der Waals surface area contributed by atoms with E-state index in [0.29, 0.717) is 19.1 Å². The summed E-state index contributed by atoms with van der Waals surface area (Å²) in [5.41, 5.74) is 1.21. The number of hydrogen-bond acceptors (Lipinski definition) is 5. The maximum Gasteiger partial charge on any atom is 0.490 e. The quantitative estimate of drug-likeness (QED) is 0.652. The molecule has 2 fully saturated rings. The predicted octanol–water partition coefficient (Wildman–Crippen LogP) is 2.31. The highest BCUT2D eigenvalue weighted by Gasteiger charge is 2.41. The first-order valence-electron chi connectivity index (χ1n) is 10.2. The van der Waals surface area contributed by atoms with E-state index in [1.165, 1.54) is 5.56 Å². The molecule has 0 bridgehead atoms. The summed E-state index contributed by atoms with van der Waals surface area (Å²) in [5, 5.41) is 9.94. The molecular formula is C21H29F3N2O5. The number of alkyl halides is 3. The topological polar surface area (TPSA) is 88.1 Å². The number of piperidine rings is 1. The number of aliphatic carboxylic acids is 1. The van der Waals surface area contributed by atoms with Gasteiger partial charge < -0.3 is 24.8 Å². The Morgan fingerprint density at radius 1 is 1.26 bits per heavy atom. The zero-order chi connectivity index (χ0) is 22.9. The summed E-state index contributed by atoms with van der Waals surface area (Å²) in [6.07, 6.45) is -3.00. The van der Waals surface area contributed by atoms with Gasteiger partial charge in [-0.25, -0.2) is 4.79 Å². The van der Waals surface area contributed by atoms with Crippen LogP contribution in [0.3, 0.4) is 0 Å². The highest BCUT2D eigenvalue weighted by molar-refractivity contribution is 5.78. The molecule has 0 aromatic heterocycles. The summed E-state index contributed by atoms with van der Waals surface area (Å²) in [6.45, 7) is 4.95. The second-order valence-corrected chi connectivity index (χ2v) is 7.51. The summed E-state index contributed by atoms with van der Waals surface area (Å²) >= 11 is 0. The van der Waals surface area contributed by atoms with Crippen molar-refractivity contribution >= 4 is 11.9 Å². The van der Waals surface area contributed by atoms with E-state index in [1.807, 2.05) is 18.2 Å². The third-order valence-corrected chi connectivity index (χ3v) is 5.44. The zero-order valence-corrected chi connectivity index (χ0v) is 17.4. The molecule has 1 aromatic carbocycles. The van der Waals surface area contributed by atoms with Crippen molar-refractivity contribution in [2.75, 3.05) is 39.9 Å². The summed E-state index contributed by atoms with van der Waals surface area (Å²) in [6, 6.07) is 10.2. The number of carbonyl (C=O) groups excluding carboxylic acids is 1. The number of likely N-dealkylation sites (tertiary alicyclic amines) is 1. The Labute approximate surface area is 179 Å². The van der Waals surface area contributed by atoms with Crippen molar-refractivity contribution in [3.05, 3.63) is 35.9 Å². The summed E-state index contributed by atoms with van der Waals surface area (Å²) < 4.78 is 43.4. The van der Waals surface area contributed by atoms with Gasteiger partial charge in [-0.15, -0.1) is 0 Å². The van der Waals surface area contributed by atoms with Crippen LogP contribution in [0.1, 0.15) is 18.4 Å². The van der Waals surface area contributed by atoms with Crippen LogP contribution in [0.2, 0.25) is 0 Å². The van der Waals surface area contributed by atoms with Crippen LogP contribution in [-0.4, -0.2) is 74.1 Å². The van der Waals surface area contributed by atoms with E-state index in [2.05, 4.69) is 22.3 Å². The average Bonchev–Trinajstić information content (AvgIpc) is 2.76. The minimum Gasteiger partial charge on any atom is -0.475 e. The lowest BCUT2D eigenvalue weighted by Gasteiger charge is -2.44. The van der Waals surface area contributed by atoms with Gasteiger partial charge in [-0.3, -0.25) is 4.79 Å². The molecule has 2 aliphatic heterocycles. The first kappa shape index (κ1) is 25.1. The van der Waals surface area contributed by atoms with Crippen molar-refractivity contribution in [2.45, 2.75) is 31.7 Å². The monoisotopic (exact) mass is 446 g/mol. The second kappa shape index (κ2) is 12.0. The number of ether oxygens (including phenoxy) is 2. The number of amides is 1. The maximum atomic E-state index is 12.1. The van der Waals surface area contributed by atoms with Gasteiger partial charge in [0.2, 0.25) is 5.91 Å². The van der Waals surface area contributed by atoms with Gasteiger partial charge in [0, 0.05) is 45.1 Å². The molecule has 0 radical (unpaired) electrons. The number of carboxylic acids is 1. The van der Waals surface area contributed by atoms with Crippen molar-refractivity contribution < 1.29 is 37.3 Å². The number of benzene rings is 1. The highest BCUT2D eigenvalue weighted by atomic mass is 19.4. The molecular weight excluding hydrogens is 417 g/mol. The third-order valence-electron chi connectivity index (χ3n) is 5.44. The number of rotatable bonds is 6. The molecule has 2 saturated heterocycles. The van der Waals surface area contributed by atoms with E-state index in [0.717, 1.165) is 39.1 Å². The second-order valence-electron chi connectivity index (χ2n) is 7.51. The molecule has 0 saturated carbocycles. The van der Waals surface area contributed by atoms with Crippen molar-refractivity contribution in [1.29, 1.82) is 0 Å². The fraction of sp³-hybridized carbons (Fsp3) is 0.619. The largest absolute Gasteiger partial charge is 0.490 e. The van der Waals surface area contributed by atoms with Gasteiger partial charge in [0.05, 0.1) is 19.3 Å². The highest BCUT2D eigenvalue weighted by Crippen LogP contribution is 2.33. The van der Waals surface area contributed by atoms with Crippen LogP contribution in [0.5, 0.6) is 0 Å². The van der Waals surface area contributed by atoms with Gasteiger partial charge >= 0.3 is 12.1 Å². The van der Waals surface area contributed by atoms with Crippen LogP contribution in [0.25, 0.3) is 0 Å². The normalized spacial score (nSPS) is 23.8. The number of carboxylic acid groups (broad SMARTS) is 1. The van der Waals surface area contributed by atoms with Crippen LogP contribution in [0, 0.1) is 11.8 Å². The Balaban J connectivity index is 0.000000423. The van der Waals surface area contributed by atoms with Gasteiger partial charge in [0.1, 0.15) is 0 Å². The summed E-state index contributed by atoms with van der Waals surface area (Å²) in [4.78, 5) is 23.4. The van der Waals surface area contributed by atoms with Gasteiger partial charge in [-0.1, -0.05) is 30.3 Å². The molecule has 0 aliphatic carbocycles. The zero-order valence-electron chi connectivity index (χ0n) is 17.4. The summed E-state index contributed by atoms with van der Waals surface area (Å²) in [7, 11) is 1.73. The molecule has 3 rings (SSSR count). The number of carbonyl (C=O) groups is 2. The number of fused-ring (bicyclic) bond motifs is 1. The van der Waals surface area contributed by atoms with Gasteiger partial charge in [-0.2, -0.15) is 13.2 Å². The molecule has 2 heterocycles. The van der Waals surface area contributed by atoms with E-state index < -0.39 is 12.1 Å². The number of halogens is 3. The molecule has 2 aliphatic rings. The predicted molar refractivity (Wildman–Crippen MR) is 106 cm³/mol. The van der Waals surface area contributed by atoms with E-state index >= 15 is 0 Å². The molecule has 0 unspecified atom stereocenters. The molecule has 1 amide bonds. The molecule has 10 heteroatoms. The van der Waals surface area contributed by atoms with Crippen LogP contribution in [0.15, 0.2) is 30.3 Å². The number of hydrogen-bond donors (Lipinski definition) is 2. The van der Waals surface area contributed by atoms with Crippen molar-refractivity contribution in [3.8, 4) is 0 Å². The van der Waals surface area contributed by atoms with Gasteiger partial charge in [-0.05, 0) is 18.4 Å². The maximum absolute atomic E-state index is 12.1. The Morgan fingerprint density at radius 3 is 2.55 bits per heavy atom. The van der Waals surface area contributed by atoms with E-state index in [-0.39, 0.29) is 17.9 Å². The van der Waals surface area contributed by atoms with Crippen LogP contribution in [-0.2, 0) is 25.7 Å². The Bertz CT molecular complexity index is 702. The number of nitrogens with one attached hydrogen (secondary N) is 1. The third kappa shape index (κ3) is 8.12. The molecule has 174 valence electrons. The van der Waals surface area contributed by atoms with E-state index in [9.17, 15) is 18.0 Å². The molecule has 1 aromatic rings. The molecule has 31 heavy (non-hydrogen) atoms. The van der Waals surface area contributed by atoms with Gasteiger partial charge in [0.15, 0.2) is 0 Å². The van der Waals surface area contributed by atoms with E-state index in [1.54, 1.807) is 7.05 Å². The fourth-order valence-electron chi connectivity index (χ4n) is 3.86. The Morgan fingerprint density at radius 2 is 1.94 bits per heavy atom. The SMILES string of the molecule is CNC(=O)[C@H]1CCO[C@H]2CCN(CCOCc3ccccc3)C[C@@H]21.O=C(O)C(F)(F)F.